The predicted octanol–water partition coefficient (Wildman–Crippen LogP) is -0.429. The first-order valence-corrected chi connectivity index (χ1v) is 4.54. The van der Waals surface area contributed by atoms with Crippen LogP contribution in [0, 0.1) is 5.92 Å². The fraction of sp³-hybridized carbons (Fsp3) is 0.143. The standard InChI is InChI=1S/C7H5N3O3S/c8-7-9-4(11)3-2(6(12)13)1-14-5(3)10-7/h1,3H,(H,12,13)(H2,8,9,11)/t3-/m0/s1. The average Bonchev–Trinajstić information content (AvgIpc) is 2.47. The molecule has 0 bridgehead atoms. The van der Waals surface area contributed by atoms with E-state index in [2.05, 4.69) is 9.98 Å². The fourth-order valence-electron chi connectivity index (χ4n) is 1.21. The number of rotatable bonds is 1. The maximum absolute atomic E-state index is 11.3. The van der Waals surface area contributed by atoms with E-state index < -0.39 is 17.8 Å². The van der Waals surface area contributed by atoms with Crippen molar-refractivity contribution in [3.05, 3.63) is 11.0 Å². The summed E-state index contributed by atoms with van der Waals surface area (Å²) in [4.78, 5) is 29.3. The third kappa shape index (κ3) is 1.22. The Labute approximate surface area is 82.6 Å². The molecule has 0 saturated carbocycles. The number of aliphatic carboxylic acids is 1. The van der Waals surface area contributed by atoms with Crippen LogP contribution in [0.1, 0.15) is 0 Å². The number of amides is 1. The molecule has 0 radical (unpaired) electrons. The zero-order chi connectivity index (χ0) is 10.3. The molecule has 6 nitrogen and oxygen atoms in total. The van der Waals surface area contributed by atoms with Gasteiger partial charge in [-0.25, -0.2) is 9.79 Å². The molecule has 0 spiro atoms. The van der Waals surface area contributed by atoms with Crippen molar-refractivity contribution in [2.24, 2.45) is 21.6 Å². The number of aliphatic imine (C=N–C) groups is 2. The van der Waals surface area contributed by atoms with Gasteiger partial charge in [-0.3, -0.25) is 4.79 Å². The summed E-state index contributed by atoms with van der Waals surface area (Å²) in [6, 6.07) is 0. The molecule has 0 aromatic heterocycles. The summed E-state index contributed by atoms with van der Waals surface area (Å²) >= 11 is 1.10. The van der Waals surface area contributed by atoms with Crippen molar-refractivity contribution < 1.29 is 14.7 Å². The summed E-state index contributed by atoms with van der Waals surface area (Å²) in [6.45, 7) is 0. The monoisotopic (exact) mass is 211 g/mol. The van der Waals surface area contributed by atoms with Crippen molar-refractivity contribution in [1.82, 2.24) is 0 Å². The number of thioether (sulfide) groups is 1. The highest BCUT2D eigenvalue weighted by Crippen LogP contribution is 2.34. The summed E-state index contributed by atoms with van der Waals surface area (Å²) in [6.07, 6.45) is 0. The predicted molar refractivity (Wildman–Crippen MR) is 50.9 cm³/mol. The van der Waals surface area contributed by atoms with Gasteiger partial charge < -0.3 is 10.8 Å². The molecule has 0 unspecified atom stereocenters. The Hall–Kier alpha value is -1.63. The maximum atomic E-state index is 11.3. The third-order valence-electron chi connectivity index (χ3n) is 1.81. The molecule has 0 aromatic carbocycles. The lowest BCUT2D eigenvalue weighted by molar-refractivity contribution is -0.134. The van der Waals surface area contributed by atoms with Gasteiger partial charge in [0.05, 0.1) is 10.6 Å². The molecule has 1 amide bonds. The van der Waals surface area contributed by atoms with Crippen LogP contribution in [0.2, 0.25) is 0 Å². The quantitative estimate of drug-likeness (QED) is 0.612. The van der Waals surface area contributed by atoms with Crippen LogP contribution in [-0.2, 0) is 9.59 Å². The van der Waals surface area contributed by atoms with E-state index in [0.29, 0.717) is 5.04 Å². The lowest BCUT2D eigenvalue weighted by Gasteiger charge is -2.12. The van der Waals surface area contributed by atoms with Gasteiger partial charge in [0.15, 0.2) is 0 Å². The Bertz CT molecular complexity index is 424. The van der Waals surface area contributed by atoms with Gasteiger partial charge in [0.1, 0.15) is 5.92 Å². The molecule has 2 aliphatic rings. The molecule has 2 rings (SSSR count). The summed E-state index contributed by atoms with van der Waals surface area (Å²) in [5, 5.41) is 10.5. The smallest absolute Gasteiger partial charge is 0.333 e. The highest BCUT2D eigenvalue weighted by Gasteiger charge is 2.39. The zero-order valence-corrected chi connectivity index (χ0v) is 7.61. The van der Waals surface area contributed by atoms with Gasteiger partial charge in [-0.05, 0) is 5.41 Å². The molecule has 7 heteroatoms. The minimum absolute atomic E-state index is 0.00926. The van der Waals surface area contributed by atoms with Crippen LogP contribution in [0.4, 0.5) is 0 Å². The number of fused-ring (bicyclic) bond motifs is 1. The molecule has 0 aliphatic carbocycles. The first-order valence-electron chi connectivity index (χ1n) is 3.66. The normalized spacial score (nSPS) is 25.0. The Morgan fingerprint density at radius 1 is 1.57 bits per heavy atom. The molecule has 72 valence electrons. The van der Waals surface area contributed by atoms with E-state index >= 15 is 0 Å². The number of hydrogen-bond donors (Lipinski definition) is 2. The zero-order valence-electron chi connectivity index (χ0n) is 6.80. The van der Waals surface area contributed by atoms with Crippen molar-refractivity contribution >= 4 is 34.6 Å². The number of hydrogen-bond acceptors (Lipinski definition) is 5. The Morgan fingerprint density at radius 3 is 2.93 bits per heavy atom. The summed E-state index contributed by atoms with van der Waals surface area (Å²) in [5.41, 5.74) is 5.27. The molecule has 1 atom stereocenters. The summed E-state index contributed by atoms with van der Waals surface area (Å²) < 4.78 is 0. The van der Waals surface area contributed by atoms with Gasteiger partial charge in [-0.2, -0.15) is 4.99 Å². The minimum Gasteiger partial charge on any atom is -0.478 e. The van der Waals surface area contributed by atoms with Crippen LogP contribution >= 0.6 is 11.8 Å². The number of nitrogens with zero attached hydrogens (tertiary/aromatic N) is 2. The molecule has 0 aromatic rings. The van der Waals surface area contributed by atoms with Crippen molar-refractivity contribution in [2.75, 3.05) is 0 Å². The number of carbonyl (C=O) groups is 2. The van der Waals surface area contributed by atoms with Gasteiger partial charge in [0, 0.05) is 0 Å². The van der Waals surface area contributed by atoms with Crippen LogP contribution < -0.4 is 5.73 Å². The van der Waals surface area contributed by atoms with Crippen molar-refractivity contribution in [1.29, 1.82) is 0 Å². The number of carbonyl (C=O) groups excluding carboxylic acids is 1. The largest absolute Gasteiger partial charge is 0.478 e. The van der Waals surface area contributed by atoms with E-state index in [1.54, 1.807) is 0 Å². The van der Waals surface area contributed by atoms with Crippen LogP contribution in [-0.4, -0.2) is 28.0 Å². The van der Waals surface area contributed by atoms with Gasteiger partial charge in [-0.15, -0.1) is 0 Å². The summed E-state index contributed by atoms with van der Waals surface area (Å²) in [5.74, 6) is -2.67. The molecule has 0 fully saturated rings. The molecule has 14 heavy (non-hydrogen) atoms. The average molecular weight is 211 g/mol. The molecule has 2 heterocycles. The van der Waals surface area contributed by atoms with E-state index in [-0.39, 0.29) is 11.5 Å². The Balaban J connectivity index is 2.40. The minimum atomic E-state index is -1.13. The highest BCUT2D eigenvalue weighted by molar-refractivity contribution is 8.17. The van der Waals surface area contributed by atoms with E-state index in [0.717, 1.165) is 11.8 Å². The highest BCUT2D eigenvalue weighted by atomic mass is 32.2. The van der Waals surface area contributed by atoms with Crippen LogP contribution in [0.15, 0.2) is 21.0 Å². The number of guanidine groups is 1. The second kappa shape index (κ2) is 2.95. The van der Waals surface area contributed by atoms with Gasteiger partial charge in [-0.1, -0.05) is 11.8 Å². The van der Waals surface area contributed by atoms with Gasteiger partial charge in [0.2, 0.25) is 5.96 Å². The number of carboxylic acid groups (broad SMARTS) is 1. The Morgan fingerprint density at radius 2 is 2.29 bits per heavy atom. The maximum Gasteiger partial charge on any atom is 0.333 e. The second-order valence-electron chi connectivity index (χ2n) is 2.69. The van der Waals surface area contributed by atoms with Crippen LogP contribution in [0.3, 0.4) is 0 Å². The second-order valence-corrected chi connectivity index (χ2v) is 3.58. The SMILES string of the molecule is NC1=NC(=O)[C@@H]2C(C(=O)O)=CSC2=N1. The van der Waals surface area contributed by atoms with Crippen LogP contribution in [0.5, 0.6) is 0 Å². The van der Waals surface area contributed by atoms with Crippen molar-refractivity contribution in [3.63, 3.8) is 0 Å². The van der Waals surface area contributed by atoms with Crippen molar-refractivity contribution in [2.45, 2.75) is 0 Å². The van der Waals surface area contributed by atoms with E-state index in [9.17, 15) is 9.59 Å². The molecular weight excluding hydrogens is 206 g/mol. The lowest BCUT2D eigenvalue weighted by atomic mass is 10.0. The topological polar surface area (TPSA) is 105 Å². The Kier molecular flexibility index (Phi) is 1.88. The van der Waals surface area contributed by atoms with Crippen LogP contribution in [0.25, 0.3) is 0 Å². The molecular formula is C7H5N3O3S. The van der Waals surface area contributed by atoms with E-state index in [1.165, 1.54) is 5.41 Å². The van der Waals surface area contributed by atoms with E-state index in [4.69, 9.17) is 10.8 Å². The van der Waals surface area contributed by atoms with Gasteiger partial charge >= 0.3 is 5.97 Å². The fourth-order valence-corrected chi connectivity index (χ4v) is 2.21. The van der Waals surface area contributed by atoms with E-state index in [1.807, 2.05) is 0 Å². The molecule has 0 saturated heterocycles. The third-order valence-corrected chi connectivity index (χ3v) is 2.75. The van der Waals surface area contributed by atoms with Crippen molar-refractivity contribution in [3.8, 4) is 0 Å². The molecule has 3 N–H and O–H groups in total. The molecule has 2 aliphatic heterocycles. The van der Waals surface area contributed by atoms with Gasteiger partial charge in [0.25, 0.3) is 5.91 Å². The first-order chi connectivity index (χ1) is 6.59. The number of nitrogens with two attached hydrogens (primary N) is 1. The number of carboxylic acids is 1. The first kappa shape index (κ1) is 8.95. The summed E-state index contributed by atoms with van der Waals surface area (Å²) in [7, 11) is 0. The lowest BCUT2D eigenvalue weighted by Crippen LogP contribution is -2.30.